The number of nitrogens with one attached hydrogen (secondary N) is 2. The van der Waals surface area contributed by atoms with Crippen LogP contribution in [-0.4, -0.2) is 52.8 Å². The van der Waals surface area contributed by atoms with Gasteiger partial charge in [0, 0.05) is 12.2 Å². The van der Waals surface area contributed by atoms with E-state index in [1.807, 2.05) is 6.07 Å². The second-order valence-electron chi connectivity index (χ2n) is 8.77. The van der Waals surface area contributed by atoms with E-state index in [1.54, 1.807) is 25.1 Å². The van der Waals surface area contributed by atoms with Crippen LogP contribution in [0.3, 0.4) is 0 Å². The van der Waals surface area contributed by atoms with Crippen LogP contribution in [0.15, 0.2) is 36.5 Å². The van der Waals surface area contributed by atoms with Gasteiger partial charge in [0.2, 0.25) is 5.82 Å². The van der Waals surface area contributed by atoms with Crippen LogP contribution in [-0.2, 0) is 6.54 Å². The van der Waals surface area contributed by atoms with Gasteiger partial charge in [-0.15, -0.1) is 5.10 Å². The average Bonchev–Trinajstić information content (AvgIpc) is 3.42. The Morgan fingerprint density at radius 2 is 2.05 bits per heavy atom. The van der Waals surface area contributed by atoms with Gasteiger partial charge in [0.05, 0.1) is 40.1 Å². The summed E-state index contributed by atoms with van der Waals surface area (Å²) in [7, 11) is 0. The molecule has 3 aromatic heterocycles. The molecule has 1 saturated carbocycles. The van der Waals surface area contributed by atoms with Crippen LogP contribution >= 0.6 is 11.6 Å². The van der Waals surface area contributed by atoms with Crippen molar-refractivity contribution in [2.45, 2.75) is 38.8 Å². The van der Waals surface area contributed by atoms with Gasteiger partial charge in [-0.05, 0) is 66.1 Å². The number of aromatic nitrogens is 7. The molecule has 0 aliphatic heterocycles. The fraction of sp³-hybridized carbons (Fsp3) is 0.250. The largest absolute Gasteiger partial charge is 0.349 e. The van der Waals surface area contributed by atoms with Crippen LogP contribution in [0.5, 0.6) is 0 Å². The minimum Gasteiger partial charge on any atom is -0.349 e. The highest BCUT2D eigenvalue weighted by Crippen LogP contribution is 2.27. The van der Waals surface area contributed by atoms with Crippen molar-refractivity contribution < 1.29 is 18.4 Å². The van der Waals surface area contributed by atoms with E-state index < -0.39 is 24.1 Å². The van der Waals surface area contributed by atoms with E-state index in [0.29, 0.717) is 5.56 Å². The maximum Gasteiger partial charge on any atom is 0.298 e. The Morgan fingerprint density at radius 3 is 2.74 bits per heavy atom. The van der Waals surface area contributed by atoms with Gasteiger partial charge in [-0.3, -0.25) is 9.59 Å². The lowest BCUT2D eigenvalue weighted by Gasteiger charge is -2.15. The molecule has 1 aliphatic rings. The number of nitrogens with zero attached hydrogens (tertiary/aromatic N) is 8. The maximum absolute atomic E-state index is 13.6. The van der Waals surface area contributed by atoms with E-state index in [9.17, 15) is 23.6 Å². The number of carbonyl (C=O) groups is 2. The number of pyridine rings is 1. The Morgan fingerprint density at radius 1 is 1.26 bits per heavy atom. The number of carbonyl (C=O) groups excluding carboxylic acids is 2. The zero-order valence-electron chi connectivity index (χ0n) is 20.3. The minimum atomic E-state index is -2.92. The topological polar surface area (TPSA) is 156 Å². The van der Waals surface area contributed by atoms with Crippen molar-refractivity contribution >= 4 is 29.1 Å². The number of aryl methyl sites for hydroxylation is 1. The van der Waals surface area contributed by atoms with Crippen LogP contribution < -0.4 is 10.6 Å². The van der Waals surface area contributed by atoms with Crippen LogP contribution in [0.25, 0.3) is 5.82 Å². The van der Waals surface area contributed by atoms with Gasteiger partial charge in [-0.2, -0.15) is 10.4 Å². The number of hydrogen-bond acceptors (Lipinski definition) is 8. The van der Waals surface area contributed by atoms with E-state index in [0.717, 1.165) is 17.5 Å². The molecule has 5 rings (SSSR count). The molecule has 12 nitrogen and oxygen atoms in total. The monoisotopic (exact) mass is 552 g/mol. The zero-order valence-corrected chi connectivity index (χ0v) is 21.0. The highest BCUT2D eigenvalue weighted by molar-refractivity contribution is 6.32. The Bertz CT molecular complexity index is 1620. The third-order valence-corrected chi connectivity index (χ3v) is 6.15. The van der Waals surface area contributed by atoms with E-state index in [-0.39, 0.29) is 51.6 Å². The third kappa shape index (κ3) is 5.43. The maximum atomic E-state index is 13.6. The summed E-state index contributed by atoms with van der Waals surface area (Å²) in [5.41, 5.74) is 1.20. The summed E-state index contributed by atoms with van der Waals surface area (Å²) in [5.74, 6) is -1.65. The van der Waals surface area contributed by atoms with E-state index in [1.165, 1.54) is 23.0 Å². The van der Waals surface area contributed by atoms with Gasteiger partial charge >= 0.3 is 0 Å². The molecule has 4 aromatic rings. The molecule has 39 heavy (non-hydrogen) atoms. The second-order valence-corrected chi connectivity index (χ2v) is 9.17. The molecular weight excluding hydrogens is 534 g/mol. The minimum absolute atomic E-state index is 0.0467. The lowest BCUT2D eigenvalue weighted by Crippen LogP contribution is -2.28. The molecule has 0 spiro atoms. The van der Waals surface area contributed by atoms with Gasteiger partial charge in [-0.1, -0.05) is 11.6 Å². The molecule has 15 heteroatoms. The van der Waals surface area contributed by atoms with Gasteiger partial charge in [0.15, 0.2) is 5.82 Å². The van der Waals surface area contributed by atoms with Gasteiger partial charge in [-0.25, -0.2) is 23.1 Å². The van der Waals surface area contributed by atoms with E-state index in [2.05, 4.69) is 36.2 Å². The molecule has 3 heterocycles. The van der Waals surface area contributed by atoms with Crippen molar-refractivity contribution in [3.05, 3.63) is 75.5 Å². The highest BCUT2D eigenvalue weighted by atomic mass is 35.5. The smallest absolute Gasteiger partial charge is 0.298 e. The Labute approximate surface area is 224 Å². The van der Waals surface area contributed by atoms with Crippen molar-refractivity contribution in [3.63, 3.8) is 0 Å². The SMILES string of the molecule is Cc1cc(C#N)cc(C(=O)NC2CC2)c1NC(=O)c1cc(Cn2nnnc2C(F)F)nn1-c1ncccc1Cl. The van der Waals surface area contributed by atoms with Crippen LogP contribution in [0.4, 0.5) is 14.5 Å². The molecule has 0 atom stereocenters. The normalized spacial score (nSPS) is 12.8. The van der Waals surface area contributed by atoms with Gasteiger partial charge in [0.1, 0.15) is 5.69 Å². The number of tetrazole rings is 1. The van der Waals surface area contributed by atoms with Crippen molar-refractivity contribution in [2.24, 2.45) is 0 Å². The Balaban J connectivity index is 1.54. The first-order valence-electron chi connectivity index (χ1n) is 11.7. The fourth-order valence-electron chi connectivity index (χ4n) is 3.86. The molecule has 1 aliphatic carbocycles. The number of amides is 2. The van der Waals surface area contributed by atoms with Crippen molar-refractivity contribution in [1.82, 2.24) is 40.3 Å². The second kappa shape index (κ2) is 10.5. The van der Waals surface area contributed by atoms with Gasteiger partial charge in [0.25, 0.3) is 18.2 Å². The quantitative estimate of drug-likeness (QED) is 0.337. The summed E-state index contributed by atoms with van der Waals surface area (Å²) in [6, 6.07) is 9.52. The van der Waals surface area contributed by atoms with Crippen molar-refractivity contribution in [3.8, 4) is 11.9 Å². The Kier molecular flexibility index (Phi) is 6.99. The van der Waals surface area contributed by atoms with E-state index in [4.69, 9.17) is 11.6 Å². The predicted molar refractivity (Wildman–Crippen MR) is 133 cm³/mol. The first-order valence-corrected chi connectivity index (χ1v) is 12.0. The standard InChI is InChI=1S/C24H19ClF2N10O2/c1-12-7-13(10-28)8-16(23(38)30-14-4-5-14)19(12)31-24(39)18-9-15(11-36-22(20(26)27)32-34-35-36)33-37(18)21-17(25)3-2-6-29-21/h2-3,6-9,14,20H,4-5,11H2,1H3,(H,30,38)(H,31,39). The highest BCUT2D eigenvalue weighted by Gasteiger charge is 2.28. The molecule has 2 N–H and O–H groups in total. The molecule has 2 amide bonds. The van der Waals surface area contributed by atoms with E-state index >= 15 is 0 Å². The fourth-order valence-corrected chi connectivity index (χ4v) is 4.06. The average molecular weight is 553 g/mol. The number of rotatable bonds is 8. The summed E-state index contributed by atoms with van der Waals surface area (Å²) < 4.78 is 28.6. The summed E-state index contributed by atoms with van der Waals surface area (Å²) in [4.78, 5) is 30.8. The first kappa shape index (κ1) is 25.9. The van der Waals surface area contributed by atoms with Crippen LogP contribution in [0.2, 0.25) is 5.02 Å². The van der Waals surface area contributed by atoms with Crippen molar-refractivity contribution in [2.75, 3.05) is 5.32 Å². The Hall–Kier alpha value is -4.77. The zero-order chi connectivity index (χ0) is 27.7. The number of benzene rings is 1. The molecule has 1 aromatic carbocycles. The summed E-state index contributed by atoms with van der Waals surface area (Å²) in [6.07, 6.45) is 0.234. The lowest BCUT2D eigenvalue weighted by atomic mass is 10.0. The molecule has 0 saturated heterocycles. The third-order valence-electron chi connectivity index (χ3n) is 5.86. The number of hydrogen-bond donors (Lipinski definition) is 2. The lowest BCUT2D eigenvalue weighted by molar-refractivity contribution is 0.0951. The predicted octanol–water partition coefficient (Wildman–Crippen LogP) is 3.22. The summed E-state index contributed by atoms with van der Waals surface area (Å²) in [6.45, 7) is 1.39. The first-order chi connectivity index (χ1) is 18.7. The number of anilines is 1. The van der Waals surface area contributed by atoms with Crippen LogP contribution in [0.1, 0.15) is 62.8 Å². The van der Waals surface area contributed by atoms with Gasteiger partial charge < -0.3 is 10.6 Å². The number of nitriles is 1. The number of alkyl halides is 2. The molecule has 0 unspecified atom stereocenters. The molecular formula is C24H19ClF2N10O2. The molecule has 0 radical (unpaired) electrons. The summed E-state index contributed by atoms with van der Waals surface area (Å²) >= 11 is 6.32. The van der Waals surface area contributed by atoms with Crippen LogP contribution in [0, 0.1) is 18.3 Å². The number of halogens is 3. The summed E-state index contributed by atoms with van der Waals surface area (Å²) in [5, 5.41) is 29.7. The molecule has 0 bridgehead atoms. The molecule has 198 valence electrons. The van der Waals surface area contributed by atoms with Crippen molar-refractivity contribution in [1.29, 1.82) is 5.26 Å². The molecule has 1 fully saturated rings.